The van der Waals surface area contributed by atoms with E-state index in [1.54, 1.807) is 6.07 Å². The molecule has 5 aromatic carbocycles. The summed E-state index contributed by atoms with van der Waals surface area (Å²) in [6, 6.07) is 43.7. The molecule has 0 amide bonds. The van der Waals surface area contributed by atoms with Crippen molar-refractivity contribution in [3.05, 3.63) is 138 Å². The summed E-state index contributed by atoms with van der Waals surface area (Å²) < 4.78 is 2.35. The molecule has 168 valence electrons. The minimum absolute atomic E-state index is 0.507. The quantitative estimate of drug-likeness (QED) is 0.270. The lowest BCUT2D eigenvalue weighted by Crippen LogP contribution is -1.98. The number of benzene rings is 5. The van der Waals surface area contributed by atoms with Crippen molar-refractivity contribution < 1.29 is 0 Å². The predicted octanol–water partition coefficient (Wildman–Crippen LogP) is 7.78. The molecule has 3 nitrogen and oxygen atoms in total. The van der Waals surface area contributed by atoms with E-state index in [2.05, 4.69) is 102 Å². The number of hydrogen-bond acceptors (Lipinski definition) is 2. The van der Waals surface area contributed by atoms with Gasteiger partial charge in [-0.25, -0.2) is 0 Å². The molecule has 0 aliphatic carbocycles. The molecule has 6 aromatic rings. The highest BCUT2D eigenvalue weighted by molar-refractivity contribution is 6.13. The largest absolute Gasteiger partial charge is 0.309 e. The van der Waals surface area contributed by atoms with Crippen molar-refractivity contribution in [1.82, 2.24) is 4.57 Å². The molecule has 0 aliphatic rings. The molecule has 0 saturated carbocycles. The number of hydrogen-bond donors (Lipinski definition) is 0. The molecule has 1 heterocycles. The molecule has 0 saturated heterocycles. The van der Waals surface area contributed by atoms with Crippen LogP contribution in [0, 0.1) is 22.7 Å². The lowest BCUT2D eigenvalue weighted by molar-refractivity contribution is 1.17. The van der Waals surface area contributed by atoms with Crippen molar-refractivity contribution >= 4 is 21.8 Å². The Kier molecular flexibility index (Phi) is 5.30. The molecule has 3 heteroatoms. The zero-order chi connectivity index (χ0) is 24.5. The molecule has 0 fully saturated rings. The van der Waals surface area contributed by atoms with Crippen molar-refractivity contribution in [2.24, 2.45) is 0 Å². The van der Waals surface area contributed by atoms with E-state index in [1.165, 1.54) is 21.8 Å². The van der Waals surface area contributed by atoms with Crippen LogP contribution in [0.5, 0.6) is 0 Å². The van der Waals surface area contributed by atoms with Crippen LogP contribution in [0.15, 0.2) is 115 Å². The monoisotopic (exact) mass is 459 g/mol. The first-order valence-corrected chi connectivity index (χ1v) is 11.9. The molecule has 36 heavy (non-hydrogen) atoms. The van der Waals surface area contributed by atoms with Gasteiger partial charge in [-0.1, -0.05) is 78.9 Å². The molecular formula is C33H21N3. The highest BCUT2D eigenvalue weighted by atomic mass is 15.0. The van der Waals surface area contributed by atoms with Crippen molar-refractivity contribution in [3.63, 3.8) is 0 Å². The van der Waals surface area contributed by atoms with E-state index in [-0.39, 0.29) is 0 Å². The van der Waals surface area contributed by atoms with E-state index in [9.17, 15) is 10.5 Å². The Morgan fingerprint density at radius 3 is 2.00 bits per heavy atom. The zero-order valence-corrected chi connectivity index (χ0v) is 19.5. The molecule has 0 unspecified atom stereocenters. The van der Waals surface area contributed by atoms with Gasteiger partial charge in [0.2, 0.25) is 0 Å². The topological polar surface area (TPSA) is 52.5 Å². The summed E-state index contributed by atoms with van der Waals surface area (Å²) >= 11 is 0. The molecular weight excluding hydrogens is 438 g/mol. The third-order valence-corrected chi connectivity index (χ3v) is 6.66. The van der Waals surface area contributed by atoms with Crippen LogP contribution in [0.25, 0.3) is 38.6 Å². The first-order chi connectivity index (χ1) is 17.8. The van der Waals surface area contributed by atoms with Crippen molar-refractivity contribution in [2.45, 2.75) is 6.42 Å². The summed E-state index contributed by atoms with van der Waals surface area (Å²) in [6.45, 7) is 0. The minimum Gasteiger partial charge on any atom is -0.309 e. The lowest BCUT2D eigenvalue weighted by Gasteiger charge is -2.15. The average molecular weight is 460 g/mol. The van der Waals surface area contributed by atoms with E-state index < -0.39 is 0 Å². The van der Waals surface area contributed by atoms with Crippen LogP contribution in [-0.4, -0.2) is 4.57 Å². The van der Waals surface area contributed by atoms with E-state index in [4.69, 9.17) is 0 Å². The predicted molar refractivity (Wildman–Crippen MR) is 145 cm³/mol. The van der Waals surface area contributed by atoms with Gasteiger partial charge in [0, 0.05) is 22.0 Å². The molecule has 0 atom stereocenters. The third-order valence-electron chi connectivity index (χ3n) is 6.66. The highest BCUT2D eigenvalue weighted by Crippen LogP contribution is 2.39. The fourth-order valence-electron chi connectivity index (χ4n) is 5.16. The Bertz CT molecular complexity index is 1800. The summed E-state index contributed by atoms with van der Waals surface area (Å²) in [5.41, 5.74) is 8.87. The first-order valence-electron chi connectivity index (χ1n) is 11.9. The average Bonchev–Trinajstić information content (AvgIpc) is 3.28. The minimum atomic E-state index is 0.507. The van der Waals surface area contributed by atoms with Gasteiger partial charge in [-0.05, 0) is 59.5 Å². The second kappa shape index (κ2) is 8.91. The first kappa shape index (κ1) is 21.4. The summed E-state index contributed by atoms with van der Waals surface area (Å²) in [4.78, 5) is 0. The second-order valence-corrected chi connectivity index (χ2v) is 8.87. The van der Waals surface area contributed by atoms with Gasteiger partial charge in [-0.15, -0.1) is 0 Å². The van der Waals surface area contributed by atoms with E-state index >= 15 is 0 Å². The van der Waals surface area contributed by atoms with Crippen LogP contribution < -0.4 is 0 Å². The summed E-state index contributed by atoms with van der Waals surface area (Å²) in [5.74, 6) is 0. The molecule has 1 aromatic heterocycles. The van der Waals surface area contributed by atoms with Gasteiger partial charge in [0.1, 0.15) is 0 Å². The van der Waals surface area contributed by atoms with Gasteiger partial charge < -0.3 is 4.57 Å². The van der Waals surface area contributed by atoms with Crippen LogP contribution in [0.3, 0.4) is 0 Å². The fraction of sp³-hybridized carbons (Fsp3) is 0.0303. The standard InChI is InChI=1S/C33H21N3/c34-21-24-17-23(18-25(19-24)22-35)20-26-9-4-5-12-28(26)30-14-8-15-31-29-13-6-7-16-32(29)36(33(30)31)27-10-2-1-3-11-27/h1-19H,20H2. The van der Waals surface area contributed by atoms with Crippen LogP contribution in [0.2, 0.25) is 0 Å². The lowest BCUT2D eigenvalue weighted by atomic mass is 9.92. The Labute approximate surface area is 209 Å². The summed E-state index contributed by atoms with van der Waals surface area (Å²) in [7, 11) is 0. The highest BCUT2D eigenvalue weighted by Gasteiger charge is 2.17. The van der Waals surface area contributed by atoms with Gasteiger partial charge in [0.05, 0.1) is 34.3 Å². The molecule has 0 spiro atoms. The van der Waals surface area contributed by atoms with Gasteiger partial charge in [0.15, 0.2) is 0 Å². The fourth-order valence-corrected chi connectivity index (χ4v) is 5.16. The summed E-state index contributed by atoms with van der Waals surface area (Å²) in [6.07, 6.45) is 0.627. The Hall–Kier alpha value is -5.12. The number of aromatic nitrogens is 1. The van der Waals surface area contributed by atoms with Crippen LogP contribution in [-0.2, 0) is 6.42 Å². The van der Waals surface area contributed by atoms with Crippen molar-refractivity contribution in [1.29, 1.82) is 10.5 Å². The molecule has 6 rings (SSSR count). The Balaban J connectivity index is 1.61. The number of nitrogens with zero attached hydrogens (tertiary/aromatic N) is 3. The Morgan fingerprint density at radius 1 is 0.583 bits per heavy atom. The smallest absolute Gasteiger partial charge is 0.0992 e. The third kappa shape index (κ3) is 3.61. The van der Waals surface area contributed by atoms with E-state index in [0.717, 1.165) is 27.9 Å². The van der Waals surface area contributed by atoms with Gasteiger partial charge in [0.25, 0.3) is 0 Å². The molecule has 0 bridgehead atoms. The number of para-hydroxylation sites is 3. The number of fused-ring (bicyclic) bond motifs is 3. The van der Waals surface area contributed by atoms with Crippen molar-refractivity contribution in [2.75, 3.05) is 0 Å². The van der Waals surface area contributed by atoms with Crippen LogP contribution >= 0.6 is 0 Å². The van der Waals surface area contributed by atoms with Crippen LogP contribution in [0.4, 0.5) is 0 Å². The normalized spacial score (nSPS) is 10.8. The Morgan fingerprint density at radius 2 is 1.22 bits per heavy atom. The molecule has 0 radical (unpaired) electrons. The maximum Gasteiger partial charge on any atom is 0.0992 e. The molecule has 0 N–H and O–H groups in total. The van der Waals surface area contributed by atoms with Gasteiger partial charge >= 0.3 is 0 Å². The number of rotatable bonds is 4. The van der Waals surface area contributed by atoms with Gasteiger partial charge in [-0.3, -0.25) is 0 Å². The maximum atomic E-state index is 9.44. The van der Waals surface area contributed by atoms with Crippen LogP contribution in [0.1, 0.15) is 22.3 Å². The van der Waals surface area contributed by atoms with E-state index in [0.29, 0.717) is 17.5 Å². The maximum absolute atomic E-state index is 9.44. The van der Waals surface area contributed by atoms with E-state index in [1.807, 2.05) is 24.3 Å². The number of nitriles is 2. The van der Waals surface area contributed by atoms with Gasteiger partial charge in [-0.2, -0.15) is 10.5 Å². The SMILES string of the molecule is N#Cc1cc(C#N)cc(Cc2ccccc2-c2cccc3c4ccccc4n(-c4ccccc4)c23)c1. The zero-order valence-electron chi connectivity index (χ0n) is 19.5. The van der Waals surface area contributed by atoms with Crippen molar-refractivity contribution in [3.8, 4) is 29.0 Å². The molecule has 0 aliphatic heterocycles. The second-order valence-electron chi connectivity index (χ2n) is 8.87. The summed E-state index contributed by atoms with van der Waals surface area (Å²) in [5, 5.41) is 21.3.